The van der Waals surface area contributed by atoms with Crippen LogP contribution in [0.3, 0.4) is 0 Å². The molecule has 0 bridgehead atoms. The molecule has 17 heavy (non-hydrogen) atoms. The first-order valence-corrected chi connectivity index (χ1v) is 5.52. The van der Waals surface area contributed by atoms with Crippen molar-refractivity contribution in [1.29, 1.82) is 0 Å². The van der Waals surface area contributed by atoms with Crippen LogP contribution in [0.25, 0.3) is 0 Å². The van der Waals surface area contributed by atoms with E-state index in [9.17, 15) is 22.4 Å². The van der Waals surface area contributed by atoms with E-state index in [4.69, 9.17) is 0 Å². The molecule has 2 rings (SSSR count). The highest BCUT2D eigenvalue weighted by atomic mass is 19.4. The van der Waals surface area contributed by atoms with Gasteiger partial charge in [-0.05, 0) is 12.8 Å². The lowest BCUT2D eigenvalue weighted by molar-refractivity contribution is -0.209. The molecule has 1 aliphatic heterocycles. The lowest BCUT2D eigenvalue weighted by Gasteiger charge is -2.31. The lowest BCUT2D eigenvalue weighted by atomic mass is 9.92. The monoisotopic (exact) mass is 255 g/mol. The van der Waals surface area contributed by atoms with Crippen LogP contribution < -0.4 is 5.32 Å². The minimum Gasteiger partial charge on any atom is -0.451 e. The first-order chi connectivity index (χ1) is 7.85. The molecule has 0 amide bonds. The van der Waals surface area contributed by atoms with Gasteiger partial charge in [0.25, 0.3) is 0 Å². The number of ether oxygens (including phenoxy) is 1. The summed E-state index contributed by atoms with van der Waals surface area (Å²) in [5.41, 5.74) is -0.791. The average Bonchev–Trinajstić information content (AvgIpc) is 2.80. The molecule has 1 heterocycles. The Balaban J connectivity index is 2.10. The normalized spacial score (nSPS) is 32.0. The summed E-state index contributed by atoms with van der Waals surface area (Å²) in [5.74, 6) is -2.31. The summed E-state index contributed by atoms with van der Waals surface area (Å²) in [6.45, 7) is -0.0597. The van der Waals surface area contributed by atoms with E-state index in [2.05, 4.69) is 10.1 Å². The summed E-state index contributed by atoms with van der Waals surface area (Å²) >= 11 is 0. The van der Waals surface area contributed by atoms with Crippen molar-refractivity contribution in [2.24, 2.45) is 0 Å². The fourth-order valence-corrected chi connectivity index (χ4v) is 2.69. The lowest BCUT2D eigenvalue weighted by Crippen LogP contribution is -2.49. The van der Waals surface area contributed by atoms with Crippen LogP contribution in [0.15, 0.2) is 0 Å². The van der Waals surface area contributed by atoms with Crippen LogP contribution in [0.4, 0.5) is 17.6 Å². The fraction of sp³-hybridized carbons (Fsp3) is 0.900. The summed E-state index contributed by atoms with van der Waals surface area (Å²) in [5, 5.41) is 2.87. The Kier molecular flexibility index (Phi) is 3.05. The molecule has 1 spiro atoms. The van der Waals surface area contributed by atoms with E-state index >= 15 is 0 Å². The van der Waals surface area contributed by atoms with Crippen molar-refractivity contribution in [2.45, 2.75) is 49.7 Å². The van der Waals surface area contributed by atoms with Gasteiger partial charge in [0.1, 0.15) is 0 Å². The van der Waals surface area contributed by atoms with Crippen LogP contribution in [0, 0.1) is 0 Å². The third-order valence-corrected chi connectivity index (χ3v) is 3.48. The molecular formula is C10H13F4NO2. The van der Waals surface area contributed by atoms with E-state index in [1.165, 1.54) is 0 Å². The Hall–Kier alpha value is -0.850. The molecule has 0 aromatic heterocycles. The molecule has 1 saturated heterocycles. The maximum atomic E-state index is 13.5. The van der Waals surface area contributed by atoms with Crippen molar-refractivity contribution < 1.29 is 27.1 Å². The molecule has 7 heteroatoms. The molecule has 2 atom stereocenters. The van der Waals surface area contributed by atoms with Crippen LogP contribution >= 0.6 is 0 Å². The number of rotatable bonds is 1. The van der Waals surface area contributed by atoms with Gasteiger partial charge in [0.15, 0.2) is 12.3 Å². The molecule has 2 aliphatic rings. The van der Waals surface area contributed by atoms with Gasteiger partial charge in [0.2, 0.25) is 0 Å². The molecular weight excluding hydrogens is 242 g/mol. The highest BCUT2D eigenvalue weighted by Crippen LogP contribution is 2.40. The van der Waals surface area contributed by atoms with E-state index in [-0.39, 0.29) is 6.54 Å². The minimum atomic E-state index is -5.07. The van der Waals surface area contributed by atoms with Crippen molar-refractivity contribution in [3.05, 3.63) is 0 Å². The standard InChI is InChI=1S/C10H13F4NO2/c11-6-5-15-9(3-1-2-4-9)7(6)17-8(16)10(12,13)14/h6-7,15H,1-5H2. The Labute approximate surface area is 95.5 Å². The van der Waals surface area contributed by atoms with Gasteiger partial charge < -0.3 is 10.1 Å². The van der Waals surface area contributed by atoms with Crippen LogP contribution in [0.1, 0.15) is 25.7 Å². The fourth-order valence-electron chi connectivity index (χ4n) is 2.69. The number of hydrogen-bond donors (Lipinski definition) is 1. The summed E-state index contributed by atoms with van der Waals surface area (Å²) in [7, 11) is 0. The Bertz CT molecular complexity index is 312. The van der Waals surface area contributed by atoms with Crippen molar-refractivity contribution in [1.82, 2.24) is 5.32 Å². The quantitative estimate of drug-likeness (QED) is 0.572. The molecule has 0 aromatic carbocycles. The predicted octanol–water partition coefficient (Wildman–Crippen LogP) is 1.71. The number of halogens is 4. The third kappa shape index (κ3) is 2.25. The second-order valence-corrected chi connectivity index (χ2v) is 4.58. The number of hydrogen-bond acceptors (Lipinski definition) is 3. The molecule has 2 fully saturated rings. The number of esters is 1. The summed E-state index contributed by atoms with van der Waals surface area (Å²) in [6.07, 6.45) is -5.26. The number of carbonyl (C=O) groups excluding carboxylic acids is 1. The van der Waals surface area contributed by atoms with Gasteiger partial charge in [-0.3, -0.25) is 0 Å². The second kappa shape index (κ2) is 4.12. The topological polar surface area (TPSA) is 38.3 Å². The number of alkyl halides is 4. The largest absolute Gasteiger partial charge is 0.490 e. The van der Waals surface area contributed by atoms with Gasteiger partial charge in [-0.25, -0.2) is 9.18 Å². The van der Waals surface area contributed by atoms with Gasteiger partial charge in [0.05, 0.1) is 5.54 Å². The van der Waals surface area contributed by atoms with E-state index in [1.54, 1.807) is 0 Å². The van der Waals surface area contributed by atoms with Gasteiger partial charge in [0, 0.05) is 6.54 Å². The van der Waals surface area contributed by atoms with Crippen LogP contribution in [0.5, 0.6) is 0 Å². The molecule has 2 unspecified atom stereocenters. The molecule has 1 aliphatic carbocycles. The third-order valence-electron chi connectivity index (χ3n) is 3.48. The van der Waals surface area contributed by atoms with E-state index in [1.807, 2.05) is 0 Å². The smallest absolute Gasteiger partial charge is 0.451 e. The highest BCUT2D eigenvalue weighted by molar-refractivity contribution is 5.76. The molecule has 1 N–H and O–H groups in total. The van der Waals surface area contributed by atoms with E-state index in [0.29, 0.717) is 12.8 Å². The average molecular weight is 255 g/mol. The highest BCUT2D eigenvalue weighted by Gasteiger charge is 2.55. The maximum absolute atomic E-state index is 13.5. The summed E-state index contributed by atoms with van der Waals surface area (Å²) < 4.78 is 54.1. The molecule has 98 valence electrons. The maximum Gasteiger partial charge on any atom is 0.490 e. The van der Waals surface area contributed by atoms with Crippen LogP contribution in [-0.2, 0) is 9.53 Å². The SMILES string of the molecule is O=C(OC1C(F)CNC12CCCC2)C(F)(F)F. The van der Waals surface area contributed by atoms with Crippen molar-refractivity contribution in [2.75, 3.05) is 6.54 Å². The Morgan fingerprint density at radius 2 is 1.88 bits per heavy atom. The van der Waals surface area contributed by atoms with Crippen LogP contribution in [0.2, 0.25) is 0 Å². The Morgan fingerprint density at radius 1 is 1.29 bits per heavy atom. The van der Waals surface area contributed by atoms with Crippen molar-refractivity contribution in [3.63, 3.8) is 0 Å². The molecule has 1 saturated carbocycles. The van der Waals surface area contributed by atoms with E-state index < -0.39 is 30.0 Å². The van der Waals surface area contributed by atoms with Crippen molar-refractivity contribution >= 4 is 5.97 Å². The van der Waals surface area contributed by atoms with Gasteiger partial charge >= 0.3 is 12.1 Å². The zero-order valence-electron chi connectivity index (χ0n) is 9.02. The minimum absolute atomic E-state index is 0.0597. The summed E-state index contributed by atoms with van der Waals surface area (Å²) in [4.78, 5) is 10.8. The second-order valence-electron chi connectivity index (χ2n) is 4.58. The first-order valence-electron chi connectivity index (χ1n) is 5.52. The molecule has 0 aromatic rings. The number of carbonyl (C=O) groups is 1. The Morgan fingerprint density at radius 3 is 2.41 bits per heavy atom. The van der Waals surface area contributed by atoms with Gasteiger partial charge in [-0.15, -0.1) is 0 Å². The van der Waals surface area contributed by atoms with Crippen molar-refractivity contribution in [3.8, 4) is 0 Å². The molecule has 3 nitrogen and oxygen atoms in total. The predicted molar refractivity (Wildman–Crippen MR) is 50.0 cm³/mol. The summed E-state index contributed by atoms with van der Waals surface area (Å²) in [6, 6.07) is 0. The van der Waals surface area contributed by atoms with Gasteiger partial charge in [-0.1, -0.05) is 12.8 Å². The van der Waals surface area contributed by atoms with Crippen LogP contribution in [-0.4, -0.2) is 36.5 Å². The zero-order chi connectivity index (χ0) is 12.7. The first kappa shape index (κ1) is 12.6. The number of nitrogens with one attached hydrogen (secondary N) is 1. The van der Waals surface area contributed by atoms with E-state index in [0.717, 1.165) is 12.8 Å². The van der Waals surface area contributed by atoms with Gasteiger partial charge in [-0.2, -0.15) is 13.2 Å². The zero-order valence-corrected chi connectivity index (χ0v) is 9.02. The molecule has 0 radical (unpaired) electrons.